The smallest absolute Gasteiger partial charge is 0.253 e. The molecule has 2 rings (SSSR count). The molecule has 2 aromatic carbocycles. The fourth-order valence-electron chi connectivity index (χ4n) is 2.89. The van der Waals surface area contributed by atoms with Gasteiger partial charge in [0, 0.05) is 25.2 Å². The molecule has 2 amide bonds. The second-order valence-electron chi connectivity index (χ2n) is 7.19. The largest absolute Gasteiger partial charge is 0.493 e. The molecule has 1 N–H and O–H groups in total. The van der Waals surface area contributed by atoms with Crippen molar-refractivity contribution in [3.8, 4) is 17.2 Å². The summed E-state index contributed by atoms with van der Waals surface area (Å²) in [5, 5.41) is 2.89. The average molecular weight is 415 g/mol. The zero-order valence-electron chi connectivity index (χ0n) is 18.4. The summed E-state index contributed by atoms with van der Waals surface area (Å²) in [7, 11) is 6.39. The van der Waals surface area contributed by atoms with Crippen molar-refractivity contribution < 1.29 is 23.8 Å². The number of carbonyl (C=O) groups is 2. The molecule has 7 nitrogen and oxygen atoms in total. The fourth-order valence-corrected chi connectivity index (χ4v) is 2.89. The molecule has 0 saturated carbocycles. The molecule has 0 bridgehead atoms. The first-order valence-corrected chi connectivity index (χ1v) is 9.72. The van der Waals surface area contributed by atoms with Gasteiger partial charge in [0.05, 0.1) is 27.8 Å². The van der Waals surface area contributed by atoms with E-state index in [2.05, 4.69) is 5.32 Å². The van der Waals surface area contributed by atoms with E-state index in [1.54, 1.807) is 36.2 Å². The number of rotatable bonds is 9. The van der Waals surface area contributed by atoms with Crippen LogP contribution in [0.5, 0.6) is 17.2 Å². The highest BCUT2D eigenvalue weighted by Crippen LogP contribution is 2.38. The van der Waals surface area contributed by atoms with Gasteiger partial charge in [0.1, 0.15) is 0 Å². The van der Waals surface area contributed by atoms with E-state index in [0.29, 0.717) is 29.4 Å². The topological polar surface area (TPSA) is 77.1 Å². The summed E-state index contributed by atoms with van der Waals surface area (Å²) in [5.41, 5.74) is 2.29. The molecule has 0 unspecified atom stereocenters. The quantitative estimate of drug-likeness (QED) is 0.682. The van der Waals surface area contributed by atoms with Crippen LogP contribution in [0.1, 0.15) is 35.3 Å². The minimum Gasteiger partial charge on any atom is -0.493 e. The Kier molecular flexibility index (Phi) is 8.09. The Morgan fingerprint density at radius 3 is 1.97 bits per heavy atom. The number of hydrogen-bond acceptors (Lipinski definition) is 5. The van der Waals surface area contributed by atoms with E-state index in [0.717, 1.165) is 11.1 Å². The second kappa shape index (κ2) is 10.5. The number of ether oxygens (including phenoxy) is 3. The summed E-state index contributed by atoms with van der Waals surface area (Å²) in [6.45, 7) is 4.31. The number of hydrogen-bond donors (Lipinski definition) is 1. The molecule has 0 fully saturated rings. The molecule has 0 saturated heterocycles. The SMILES string of the molecule is COc1cc(CC(=O)NCc2ccc(C(=O)N(C)C(C)C)cc2)cc(OC)c1OC. The lowest BCUT2D eigenvalue weighted by Gasteiger charge is -2.21. The van der Waals surface area contributed by atoms with Crippen LogP contribution in [-0.2, 0) is 17.8 Å². The number of methoxy groups -OCH3 is 3. The summed E-state index contributed by atoms with van der Waals surface area (Å²) >= 11 is 0. The summed E-state index contributed by atoms with van der Waals surface area (Å²) < 4.78 is 15.9. The van der Waals surface area contributed by atoms with Gasteiger partial charge < -0.3 is 24.4 Å². The van der Waals surface area contributed by atoms with Crippen molar-refractivity contribution in [2.75, 3.05) is 28.4 Å². The van der Waals surface area contributed by atoms with Gasteiger partial charge in [0.2, 0.25) is 11.7 Å². The van der Waals surface area contributed by atoms with Gasteiger partial charge in [-0.2, -0.15) is 0 Å². The first kappa shape index (κ1) is 23.1. The van der Waals surface area contributed by atoms with Crippen molar-refractivity contribution in [2.45, 2.75) is 32.9 Å². The molecular formula is C23H30N2O5. The van der Waals surface area contributed by atoms with E-state index < -0.39 is 0 Å². The first-order valence-electron chi connectivity index (χ1n) is 9.72. The Balaban J connectivity index is 1.99. The number of nitrogens with one attached hydrogen (secondary N) is 1. The number of benzene rings is 2. The highest BCUT2D eigenvalue weighted by molar-refractivity contribution is 5.94. The van der Waals surface area contributed by atoms with E-state index in [1.165, 1.54) is 21.3 Å². The maximum atomic E-state index is 12.4. The van der Waals surface area contributed by atoms with E-state index in [9.17, 15) is 9.59 Å². The molecule has 7 heteroatoms. The Morgan fingerprint density at radius 2 is 1.50 bits per heavy atom. The van der Waals surface area contributed by atoms with Crippen molar-refractivity contribution in [3.63, 3.8) is 0 Å². The van der Waals surface area contributed by atoms with Gasteiger partial charge in [-0.3, -0.25) is 9.59 Å². The molecule has 0 heterocycles. The van der Waals surface area contributed by atoms with E-state index in [4.69, 9.17) is 14.2 Å². The molecular weight excluding hydrogens is 384 g/mol. The van der Waals surface area contributed by atoms with Crippen LogP contribution in [0.3, 0.4) is 0 Å². The molecule has 0 aliphatic carbocycles. The van der Waals surface area contributed by atoms with Crippen molar-refractivity contribution in [2.24, 2.45) is 0 Å². The zero-order valence-corrected chi connectivity index (χ0v) is 18.4. The Labute approximate surface area is 177 Å². The van der Waals surface area contributed by atoms with Crippen LogP contribution in [-0.4, -0.2) is 51.1 Å². The van der Waals surface area contributed by atoms with E-state index in [-0.39, 0.29) is 24.3 Å². The first-order chi connectivity index (χ1) is 14.3. The summed E-state index contributed by atoms with van der Waals surface area (Å²) in [6, 6.07) is 10.9. The third-order valence-electron chi connectivity index (χ3n) is 4.87. The summed E-state index contributed by atoms with van der Waals surface area (Å²) in [6.07, 6.45) is 0.173. The highest BCUT2D eigenvalue weighted by atomic mass is 16.5. The standard InChI is InChI=1S/C23H30N2O5/c1-15(2)25(3)23(27)18-9-7-16(8-10-18)14-24-21(26)13-17-11-19(28-4)22(30-6)20(12-17)29-5/h7-12,15H,13-14H2,1-6H3,(H,24,26). The molecule has 0 aliphatic heterocycles. The predicted octanol–water partition coefficient (Wildman–Crippen LogP) is 3.05. The van der Waals surface area contributed by atoms with Gasteiger partial charge in [-0.15, -0.1) is 0 Å². The molecule has 0 aromatic heterocycles. The summed E-state index contributed by atoms with van der Waals surface area (Å²) in [5.74, 6) is 1.34. The van der Waals surface area contributed by atoms with E-state index in [1.807, 2.05) is 26.0 Å². The Morgan fingerprint density at radius 1 is 0.933 bits per heavy atom. The van der Waals surface area contributed by atoms with Crippen LogP contribution >= 0.6 is 0 Å². The molecule has 30 heavy (non-hydrogen) atoms. The van der Waals surface area contributed by atoms with Gasteiger partial charge in [0.15, 0.2) is 11.5 Å². The second-order valence-corrected chi connectivity index (χ2v) is 7.19. The molecule has 0 aliphatic rings. The third kappa shape index (κ3) is 5.65. The highest BCUT2D eigenvalue weighted by Gasteiger charge is 2.16. The normalized spacial score (nSPS) is 10.5. The average Bonchev–Trinajstić information content (AvgIpc) is 2.76. The van der Waals surface area contributed by atoms with Crippen molar-refractivity contribution >= 4 is 11.8 Å². The molecule has 0 atom stereocenters. The molecule has 0 radical (unpaired) electrons. The van der Waals surface area contributed by atoms with Gasteiger partial charge in [0.25, 0.3) is 5.91 Å². The monoisotopic (exact) mass is 414 g/mol. The molecule has 2 aromatic rings. The molecule has 162 valence electrons. The van der Waals surface area contributed by atoms with Crippen molar-refractivity contribution in [3.05, 3.63) is 53.1 Å². The zero-order chi connectivity index (χ0) is 22.3. The van der Waals surface area contributed by atoms with Gasteiger partial charge in [-0.05, 0) is 49.2 Å². The van der Waals surface area contributed by atoms with Gasteiger partial charge in [-0.25, -0.2) is 0 Å². The lowest BCUT2D eigenvalue weighted by atomic mass is 10.1. The number of amides is 2. The lowest BCUT2D eigenvalue weighted by Crippen LogP contribution is -2.32. The van der Waals surface area contributed by atoms with Crippen LogP contribution in [0.2, 0.25) is 0 Å². The third-order valence-corrected chi connectivity index (χ3v) is 4.87. The van der Waals surface area contributed by atoms with Crippen LogP contribution in [0.25, 0.3) is 0 Å². The van der Waals surface area contributed by atoms with Crippen molar-refractivity contribution in [1.82, 2.24) is 10.2 Å². The van der Waals surface area contributed by atoms with Crippen LogP contribution < -0.4 is 19.5 Å². The minimum absolute atomic E-state index is 0.0250. The van der Waals surface area contributed by atoms with E-state index >= 15 is 0 Å². The van der Waals surface area contributed by atoms with Gasteiger partial charge in [-0.1, -0.05) is 12.1 Å². The van der Waals surface area contributed by atoms with Crippen LogP contribution in [0, 0.1) is 0 Å². The Bertz CT molecular complexity index is 853. The van der Waals surface area contributed by atoms with Crippen molar-refractivity contribution in [1.29, 1.82) is 0 Å². The fraction of sp³-hybridized carbons (Fsp3) is 0.391. The Hall–Kier alpha value is -3.22. The molecule has 0 spiro atoms. The maximum Gasteiger partial charge on any atom is 0.253 e. The van der Waals surface area contributed by atoms with Gasteiger partial charge >= 0.3 is 0 Å². The maximum absolute atomic E-state index is 12.4. The summed E-state index contributed by atoms with van der Waals surface area (Å²) in [4.78, 5) is 26.4. The number of carbonyl (C=O) groups excluding carboxylic acids is 2. The predicted molar refractivity (Wildman–Crippen MR) is 115 cm³/mol. The lowest BCUT2D eigenvalue weighted by molar-refractivity contribution is -0.120. The minimum atomic E-state index is -0.135. The number of nitrogens with zero attached hydrogens (tertiary/aromatic N) is 1. The van der Waals surface area contributed by atoms with Crippen LogP contribution in [0.4, 0.5) is 0 Å². The van der Waals surface area contributed by atoms with Crippen LogP contribution in [0.15, 0.2) is 36.4 Å².